The van der Waals surface area contributed by atoms with Crippen LogP contribution in [0.25, 0.3) is 0 Å². The van der Waals surface area contributed by atoms with Gasteiger partial charge in [0.05, 0.1) is 11.7 Å². The zero-order valence-corrected chi connectivity index (χ0v) is 12.3. The number of rotatable bonds is 4. The van der Waals surface area contributed by atoms with Crippen LogP contribution in [0.1, 0.15) is 52.9 Å². The summed E-state index contributed by atoms with van der Waals surface area (Å²) in [4.78, 5) is 2.60. The molecule has 2 aliphatic heterocycles. The summed E-state index contributed by atoms with van der Waals surface area (Å²) in [5.41, 5.74) is 6.09. The molecular weight excluding hydrogens is 224 g/mol. The topological polar surface area (TPSA) is 38.5 Å². The second-order valence-corrected chi connectivity index (χ2v) is 6.65. The van der Waals surface area contributed by atoms with Crippen molar-refractivity contribution in [3.05, 3.63) is 0 Å². The Morgan fingerprint density at radius 3 is 2.67 bits per heavy atom. The summed E-state index contributed by atoms with van der Waals surface area (Å²) in [6.45, 7) is 9.80. The molecule has 2 fully saturated rings. The Kier molecular flexibility index (Phi) is 4.68. The van der Waals surface area contributed by atoms with Crippen LogP contribution < -0.4 is 5.73 Å². The lowest BCUT2D eigenvalue weighted by Crippen LogP contribution is -2.51. The monoisotopic (exact) mass is 254 g/mol. The largest absolute Gasteiger partial charge is 0.371 e. The molecule has 2 saturated heterocycles. The molecule has 0 aromatic rings. The third-order valence-corrected chi connectivity index (χ3v) is 4.79. The predicted octanol–water partition coefficient (Wildman–Crippen LogP) is 2.39. The Morgan fingerprint density at radius 1 is 1.33 bits per heavy atom. The van der Waals surface area contributed by atoms with Gasteiger partial charge in [-0.25, -0.2) is 0 Å². The first-order valence-corrected chi connectivity index (χ1v) is 7.67. The highest BCUT2D eigenvalue weighted by Gasteiger charge is 2.36. The molecule has 0 saturated carbocycles. The molecule has 2 rings (SSSR count). The molecule has 0 aromatic carbocycles. The van der Waals surface area contributed by atoms with Crippen molar-refractivity contribution in [3.8, 4) is 0 Å². The molecule has 0 spiro atoms. The smallest absolute Gasteiger partial charge is 0.0710 e. The molecule has 3 heteroatoms. The fourth-order valence-corrected chi connectivity index (χ4v) is 3.73. The molecule has 2 N–H and O–H groups in total. The van der Waals surface area contributed by atoms with Crippen molar-refractivity contribution in [2.24, 2.45) is 11.7 Å². The van der Waals surface area contributed by atoms with Gasteiger partial charge in [0.15, 0.2) is 0 Å². The van der Waals surface area contributed by atoms with Gasteiger partial charge in [-0.15, -0.1) is 0 Å². The third kappa shape index (κ3) is 3.25. The van der Waals surface area contributed by atoms with Crippen molar-refractivity contribution in [1.82, 2.24) is 4.90 Å². The second kappa shape index (κ2) is 5.89. The van der Waals surface area contributed by atoms with Gasteiger partial charge in [0.25, 0.3) is 0 Å². The first-order valence-electron chi connectivity index (χ1n) is 7.67. The highest BCUT2D eigenvalue weighted by Crippen LogP contribution is 2.32. The van der Waals surface area contributed by atoms with E-state index in [9.17, 15) is 0 Å². The lowest BCUT2D eigenvalue weighted by atomic mass is 9.87. The van der Waals surface area contributed by atoms with Crippen LogP contribution in [0.5, 0.6) is 0 Å². The maximum absolute atomic E-state index is 6.13. The molecule has 3 atom stereocenters. The van der Waals surface area contributed by atoms with E-state index in [2.05, 4.69) is 25.7 Å². The summed E-state index contributed by atoms with van der Waals surface area (Å²) in [6, 6.07) is 0.580. The van der Waals surface area contributed by atoms with E-state index in [1.165, 1.54) is 38.6 Å². The SMILES string of the molecule is CCC1CCCN(CC2CCC(C)(C)O2)C1CN. The van der Waals surface area contributed by atoms with Crippen LogP contribution in [0.2, 0.25) is 0 Å². The van der Waals surface area contributed by atoms with Gasteiger partial charge in [0.2, 0.25) is 0 Å². The minimum absolute atomic E-state index is 0.0861. The van der Waals surface area contributed by atoms with Gasteiger partial charge in [-0.1, -0.05) is 13.3 Å². The predicted molar refractivity (Wildman–Crippen MR) is 75.6 cm³/mol. The average Bonchev–Trinajstić information content (AvgIpc) is 2.68. The maximum atomic E-state index is 6.13. The first kappa shape index (κ1) is 14.3. The van der Waals surface area contributed by atoms with Crippen LogP contribution in [0.3, 0.4) is 0 Å². The molecule has 18 heavy (non-hydrogen) atoms. The van der Waals surface area contributed by atoms with Crippen LogP contribution in [0.4, 0.5) is 0 Å². The van der Waals surface area contributed by atoms with Gasteiger partial charge < -0.3 is 10.5 Å². The Hall–Kier alpha value is -0.120. The molecule has 3 unspecified atom stereocenters. The van der Waals surface area contributed by atoms with Crippen molar-refractivity contribution in [2.75, 3.05) is 19.6 Å². The zero-order valence-electron chi connectivity index (χ0n) is 12.3. The summed E-state index contributed by atoms with van der Waals surface area (Å²) in [6.07, 6.45) is 6.75. The van der Waals surface area contributed by atoms with E-state index in [1.807, 2.05) is 0 Å². The third-order valence-electron chi connectivity index (χ3n) is 4.79. The molecule has 0 aliphatic carbocycles. The van der Waals surface area contributed by atoms with Crippen LogP contribution in [-0.2, 0) is 4.74 Å². The molecular formula is C15H30N2O. The number of piperidine rings is 1. The van der Waals surface area contributed by atoms with Crippen molar-refractivity contribution < 1.29 is 4.74 Å². The minimum atomic E-state index is 0.0861. The van der Waals surface area contributed by atoms with Crippen LogP contribution in [0.15, 0.2) is 0 Å². The molecule has 0 aromatic heterocycles. The van der Waals surface area contributed by atoms with Crippen molar-refractivity contribution in [1.29, 1.82) is 0 Å². The number of hydrogen-bond donors (Lipinski definition) is 1. The van der Waals surface area contributed by atoms with E-state index in [1.54, 1.807) is 0 Å². The van der Waals surface area contributed by atoms with E-state index >= 15 is 0 Å². The number of nitrogens with zero attached hydrogens (tertiary/aromatic N) is 1. The minimum Gasteiger partial charge on any atom is -0.371 e. The van der Waals surface area contributed by atoms with Gasteiger partial charge in [0, 0.05) is 19.1 Å². The standard InChI is InChI=1S/C15H30N2O/c1-4-12-6-5-9-17(14(12)10-16)11-13-7-8-15(2,3)18-13/h12-14H,4-11,16H2,1-3H3. The Labute approximate surface area is 112 Å². The first-order chi connectivity index (χ1) is 8.55. The second-order valence-electron chi connectivity index (χ2n) is 6.65. The molecule has 2 heterocycles. The molecule has 0 radical (unpaired) electrons. The van der Waals surface area contributed by atoms with E-state index in [4.69, 9.17) is 10.5 Å². The van der Waals surface area contributed by atoms with Crippen molar-refractivity contribution in [2.45, 2.75) is 70.6 Å². The summed E-state index contributed by atoms with van der Waals surface area (Å²) in [5, 5.41) is 0. The summed E-state index contributed by atoms with van der Waals surface area (Å²) in [5.74, 6) is 0.790. The van der Waals surface area contributed by atoms with Crippen LogP contribution in [0, 0.1) is 5.92 Å². The lowest BCUT2D eigenvalue weighted by Gasteiger charge is -2.41. The van der Waals surface area contributed by atoms with E-state index < -0.39 is 0 Å². The fraction of sp³-hybridized carbons (Fsp3) is 1.00. The van der Waals surface area contributed by atoms with E-state index in [0.29, 0.717) is 12.1 Å². The Morgan fingerprint density at radius 2 is 2.11 bits per heavy atom. The van der Waals surface area contributed by atoms with Crippen molar-refractivity contribution >= 4 is 0 Å². The average molecular weight is 254 g/mol. The molecule has 3 nitrogen and oxygen atoms in total. The van der Waals surface area contributed by atoms with Crippen LogP contribution >= 0.6 is 0 Å². The van der Waals surface area contributed by atoms with Crippen LogP contribution in [-0.4, -0.2) is 42.3 Å². The van der Waals surface area contributed by atoms with E-state index in [-0.39, 0.29) is 5.60 Å². The molecule has 2 aliphatic rings. The van der Waals surface area contributed by atoms with Gasteiger partial charge in [-0.05, 0) is 52.0 Å². The Bertz CT molecular complexity index is 267. The number of ether oxygens (including phenoxy) is 1. The van der Waals surface area contributed by atoms with Gasteiger partial charge >= 0.3 is 0 Å². The summed E-state index contributed by atoms with van der Waals surface area (Å²) < 4.78 is 6.13. The summed E-state index contributed by atoms with van der Waals surface area (Å²) >= 11 is 0. The van der Waals surface area contributed by atoms with Gasteiger partial charge in [0.1, 0.15) is 0 Å². The zero-order chi connectivity index (χ0) is 13.2. The fourth-order valence-electron chi connectivity index (χ4n) is 3.73. The van der Waals surface area contributed by atoms with Crippen molar-refractivity contribution in [3.63, 3.8) is 0 Å². The number of nitrogens with two attached hydrogens (primary N) is 1. The van der Waals surface area contributed by atoms with E-state index in [0.717, 1.165) is 19.0 Å². The highest BCUT2D eigenvalue weighted by atomic mass is 16.5. The molecule has 0 amide bonds. The lowest BCUT2D eigenvalue weighted by molar-refractivity contribution is -0.0420. The normalized spacial score (nSPS) is 37.0. The quantitative estimate of drug-likeness (QED) is 0.837. The maximum Gasteiger partial charge on any atom is 0.0710 e. The van der Waals surface area contributed by atoms with Gasteiger partial charge in [-0.2, -0.15) is 0 Å². The summed E-state index contributed by atoms with van der Waals surface area (Å²) in [7, 11) is 0. The number of likely N-dealkylation sites (tertiary alicyclic amines) is 1. The number of hydrogen-bond acceptors (Lipinski definition) is 3. The molecule has 106 valence electrons. The van der Waals surface area contributed by atoms with Gasteiger partial charge in [-0.3, -0.25) is 4.90 Å². The highest BCUT2D eigenvalue weighted by molar-refractivity contribution is 4.88. The molecule has 0 bridgehead atoms. The Balaban J connectivity index is 1.91.